The maximum atomic E-state index is 10.7. The maximum Gasteiger partial charge on any atom is 0.316 e. The molecule has 0 saturated carbocycles. The summed E-state index contributed by atoms with van der Waals surface area (Å²) >= 11 is 0. The van der Waals surface area contributed by atoms with Crippen LogP contribution < -0.4 is 5.73 Å². The number of nitriles is 1. The third-order valence-corrected chi connectivity index (χ3v) is 2.20. The van der Waals surface area contributed by atoms with Gasteiger partial charge >= 0.3 is 5.97 Å². The van der Waals surface area contributed by atoms with Gasteiger partial charge in [0.2, 0.25) is 5.91 Å². The first-order valence-electron chi connectivity index (χ1n) is 5.12. The topological polar surface area (TPSA) is 113 Å². The molecule has 3 N–H and O–H groups in total. The summed E-state index contributed by atoms with van der Waals surface area (Å²) in [7, 11) is 0. The first-order chi connectivity index (χ1) is 7.59. The average Bonchev–Trinajstić information content (AvgIpc) is 2.21. The molecule has 0 aromatic heterocycles. The van der Waals surface area contributed by atoms with Gasteiger partial charge in [-0.2, -0.15) is 5.26 Å². The molecule has 90 valence electrons. The minimum Gasteiger partial charge on any atom is -0.481 e. The molecular formula is C10H16N2O4. The zero-order valence-corrected chi connectivity index (χ0v) is 9.02. The zero-order chi connectivity index (χ0) is 12.4. The highest BCUT2D eigenvalue weighted by Crippen LogP contribution is 2.11. The molecule has 0 aliphatic carbocycles. The highest BCUT2D eigenvalue weighted by Gasteiger charge is 2.22. The molecule has 6 nitrogen and oxygen atoms in total. The van der Waals surface area contributed by atoms with Crippen molar-refractivity contribution in [1.82, 2.24) is 0 Å². The Morgan fingerprint density at radius 1 is 1.31 bits per heavy atom. The summed E-state index contributed by atoms with van der Waals surface area (Å²) < 4.78 is 4.47. The Morgan fingerprint density at radius 3 is 2.44 bits per heavy atom. The number of ether oxygens (including phenoxy) is 1. The number of aliphatic carboxylic acids is 1. The first kappa shape index (κ1) is 14.2. The summed E-state index contributed by atoms with van der Waals surface area (Å²) in [5, 5.41) is 16.7. The standard InChI is InChI=1S/C10H16N2O4/c11-7-16-6-4-2-1-3-5-8(9(12)13)10(14)15/h8H,1-6H2,(H2,12,13)(H,14,15). The second kappa shape index (κ2) is 8.53. The highest BCUT2D eigenvalue weighted by atomic mass is 16.5. The largest absolute Gasteiger partial charge is 0.481 e. The lowest BCUT2D eigenvalue weighted by Crippen LogP contribution is -2.30. The van der Waals surface area contributed by atoms with E-state index < -0.39 is 17.8 Å². The SMILES string of the molecule is N#COCCCCCCC(C(N)=O)C(=O)O. The minimum absolute atomic E-state index is 0.268. The number of primary amides is 1. The predicted octanol–water partition coefficient (Wildman–Crippen LogP) is 0.621. The molecule has 0 spiro atoms. The molecule has 0 radical (unpaired) electrons. The van der Waals surface area contributed by atoms with Gasteiger partial charge < -0.3 is 15.6 Å². The third kappa shape index (κ3) is 6.65. The van der Waals surface area contributed by atoms with Crippen molar-refractivity contribution in [3.05, 3.63) is 0 Å². The summed E-state index contributed by atoms with van der Waals surface area (Å²) in [5.41, 5.74) is 4.94. The fraction of sp³-hybridized carbons (Fsp3) is 0.700. The van der Waals surface area contributed by atoms with Gasteiger partial charge in [-0.15, -0.1) is 0 Å². The van der Waals surface area contributed by atoms with E-state index in [1.807, 2.05) is 0 Å². The first-order valence-corrected chi connectivity index (χ1v) is 5.12. The molecule has 0 heterocycles. The zero-order valence-electron chi connectivity index (χ0n) is 9.02. The molecule has 1 atom stereocenters. The van der Waals surface area contributed by atoms with Crippen LogP contribution in [0.1, 0.15) is 32.1 Å². The van der Waals surface area contributed by atoms with Crippen molar-refractivity contribution in [2.45, 2.75) is 32.1 Å². The van der Waals surface area contributed by atoms with Crippen molar-refractivity contribution in [3.8, 4) is 6.26 Å². The molecule has 0 bridgehead atoms. The number of carboxylic acid groups (broad SMARTS) is 1. The van der Waals surface area contributed by atoms with Gasteiger partial charge in [0.05, 0.1) is 0 Å². The predicted molar refractivity (Wildman–Crippen MR) is 55.0 cm³/mol. The second-order valence-corrected chi connectivity index (χ2v) is 3.44. The van der Waals surface area contributed by atoms with Crippen molar-refractivity contribution in [1.29, 1.82) is 5.26 Å². The van der Waals surface area contributed by atoms with Crippen LogP contribution >= 0.6 is 0 Å². The lowest BCUT2D eigenvalue weighted by atomic mass is 10.0. The van der Waals surface area contributed by atoms with E-state index in [0.29, 0.717) is 13.0 Å². The molecule has 0 fully saturated rings. The van der Waals surface area contributed by atoms with Crippen molar-refractivity contribution in [2.24, 2.45) is 11.7 Å². The van der Waals surface area contributed by atoms with Crippen LogP contribution in [0.15, 0.2) is 0 Å². The van der Waals surface area contributed by atoms with E-state index in [9.17, 15) is 9.59 Å². The van der Waals surface area contributed by atoms with Gasteiger partial charge in [0.25, 0.3) is 6.26 Å². The number of nitrogens with two attached hydrogens (primary N) is 1. The van der Waals surface area contributed by atoms with Crippen LogP contribution in [0, 0.1) is 17.4 Å². The van der Waals surface area contributed by atoms with Gasteiger partial charge in [-0.3, -0.25) is 9.59 Å². The quantitative estimate of drug-likeness (QED) is 0.341. The number of amides is 1. The lowest BCUT2D eigenvalue weighted by Gasteiger charge is -2.07. The molecule has 1 unspecified atom stereocenters. The Balaban J connectivity index is 3.53. The molecule has 16 heavy (non-hydrogen) atoms. The van der Waals surface area contributed by atoms with Crippen LogP contribution in [-0.2, 0) is 14.3 Å². The van der Waals surface area contributed by atoms with Crippen LogP contribution in [0.25, 0.3) is 0 Å². The van der Waals surface area contributed by atoms with Gasteiger partial charge in [0.15, 0.2) is 0 Å². The fourth-order valence-electron chi connectivity index (χ4n) is 1.31. The molecule has 0 aromatic rings. The van der Waals surface area contributed by atoms with Crippen molar-refractivity contribution >= 4 is 11.9 Å². The Bertz CT molecular complexity index is 258. The number of unbranched alkanes of at least 4 members (excludes halogenated alkanes) is 3. The molecule has 0 aromatic carbocycles. The van der Waals surface area contributed by atoms with E-state index in [1.54, 1.807) is 6.26 Å². The van der Waals surface area contributed by atoms with Crippen LogP contribution in [0.5, 0.6) is 0 Å². The molecule has 0 aliphatic heterocycles. The van der Waals surface area contributed by atoms with Crippen LogP contribution in [0.2, 0.25) is 0 Å². The summed E-state index contributed by atoms with van der Waals surface area (Å²) in [6.45, 7) is 0.384. The van der Waals surface area contributed by atoms with E-state index in [4.69, 9.17) is 16.1 Å². The summed E-state index contributed by atoms with van der Waals surface area (Å²) in [6, 6.07) is 0. The molecule has 0 rings (SSSR count). The smallest absolute Gasteiger partial charge is 0.316 e. The molecule has 0 saturated heterocycles. The lowest BCUT2D eigenvalue weighted by molar-refractivity contribution is -0.146. The van der Waals surface area contributed by atoms with Crippen molar-refractivity contribution in [2.75, 3.05) is 6.61 Å². The van der Waals surface area contributed by atoms with E-state index in [1.165, 1.54) is 0 Å². The Labute approximate surface area is 94.0 Å². The van der Waals surface area contributed by atoms with Gasteiger partial charge in [-0.05, 0) is 12.8 Å². The number of carbonyl (C=O) groups is 2. The number of hydrogen-bond donors (Lipinski definition) is 2. The molecule has 1 amide bonds. The normalized spacial score (nSPS) is 11.4. The number of carbonyl (C=O) groups excluding carboxylic acids is 1. The Morgan fingerprint density at radius 2 is 1.94 bits per heavy atom. The number of nitrogens with zero attached hydrogens (tertiary/aromatic N) is 1. The summed E-state index contributed by atoms with van der Waals surface area (Å²) in [6.07, 6.45) is 4.86. The van der Waals surface area contributed by atoms with E-state index in [0.717, 1.165) is 19.3 Å². The molecule has 0 aliphatic rings. The maximum absolute atomic E-state index is 10.7. The summed E-state index contributed by atoms with van der Waals surface area (Å²) in [5.74, 6) is -3.05. The third-order valence-electron chi connectivity index (χ3n) is 2.20. The van der Waals surface area contributed by atoms with E-state index >= 15 is 0 Å². The number of rotatable bonds is 9. The van der Waals surface area contributed by atoms with Gasteiger partial charge in [-0.1, -0.05) is 19.3 Å². The molecule has 6 heteroatoms. The minimum atomic E-state index is -1.17. The molecular weight excluding hydrogens is 212 g/mol. The number of carboxylic acids is 1. The Kier molecular flexibility index (Phi) is 7.59. The fourth-order valence-corrected chi connectivity index (χ4v) is 1.31. The summed E-state index contributed by atoms with van der Waals surface area (Å²) in [4.78, 5) is 21.3. The highest BCUT2D eigenvalue weighted by molar-refractivity contribution is 5.95. The van der Waals surface area contributed by atoms with Gasteiger partial charge in [-0.25, -0.2) is 0 Å². The Hall–Kier alpha value is -1.77. The van der Waals surface area contributed by atoms with Crippen LogP contribution in [0.3, 0.4) is 0 Å². The van der Waals surface area contributed by atoms with E-state index in [2.05, 4.69) is 4.74 Å². The monoisotopic (exact) mass is 228 g/mol. The number of hydrogen-bond acceptors (Lipinski definition) is 4. The van der Waals surface area contributed by atoms with Crippen molar-refractivity contribution in [3.63, 3.8) is 0 Å². The second-order valence-electron chi connectivity index (χ2n) is 3.44. The van der Waals surface area contributed by atoms with Gasteiger partial charge in [0.1, 0.15) is 12.5 Å². The van der Waals surface area contributed by atoms with Crippen molar-refractivity contribution < 1.29 is 19.4 Å². The van der Waals surface area contributed by atoms with Gasteiger partial charge in [0, 0.05) is 0 Å². The van der Waals surface area contributed by atoms with Crippen LogP contribution in [0.4, 0.5) is 0 Å². The average molecular weight is 228 g/mol. The van der Waals surface area contributed by atoms with Crippen LogP contribution in [-0.4, -0.2) is 23.6 Å². The van der Waals surface area contributed by atoms with E-state index in [-0.39, 0.29) is 6.42 Å².